The van der Waals surface area contributed by atoms with Crippen molar-refractivity contribution in [2.45, 2.75) is 6.92 Å². The van der Waals surface area contributed by atoms with E-state index < -0.39 is 0 Å². The molecule has 3 aromatic rings. The minimum absolute atomic E-state index is 0.174. The number of phenolic OH excluding ortho intramolecular Hbond substituents is 1. The number of ether oxygens (including phenoxy) is 1. The number of carbonyl (C=O) groups excluding carboxylic acids is 1. The number of para-hydroxylation sites is 1. The molecule has 0 unspecified atom stereocenters. The number of benzene rings is 2. The number of aryl methyl sites for hydroxylation is 1. The number of pyridine rings is 1. The smallest absolute Gasteiger partial charge is 0.278 e. The van der Waals surface area contributed by atoms with Gasteiger partial charge < -0.3 is 9.84 Å². The normalized spacial score (nSPS) is 10.9. The van der Waals surface area contributed by atoms with Crippen molar-refractivity contribution in [2.75, 3.05) is 6.61 Å². The molecule has 0 saturated heterocycles. The molecule has 0 fully saturated rings. The van der Waals surface area contributed by atoms with Gasteiger partial charge in [0.25, 0.3) is 5.91 Å². The largest absolute Gasteiger partial charge is 0.508 e. The minimum atomic E-state index is -0.386. The van der Waals surface area contributed by atoms with Gasteiger partial charge in [0, 0.05) is 11.5 Å². The summed E-state index contributed by atoms with van der Waals surface area (Å²) in [4.78, 5) is 16.2. The Hall–Kier alpha value is -3.41. The molecular formula is C19H17N3O3. The van der Waals surface area contributed by atoms with Crippen LogP contribution in [0.15, 0.2) is 59.7 Å². The number of hydrazone groups is 1. The lowest BCUT2D eigenvalue weighted by atomic mass is 10.1. The van der Waals surface area contributed by atoms with E-state index in [-0.39, 0.29) is 18.3 Å². The molecular weight excluding hydrogens is 318 g/mol. The van der Waals surface area contributed by atoms with E-state index in [0.29, 0.717) is 5.88 Å². The minimum Gasteiger partial charge on any atom is -0.508 e. The second kappa shape index (κ2) is 7.44. The van der Waals surface area contributed by atoms with Crippen LogP contribution in [0.5, 0.6) is 11.6 Å². The van der Waals surface area contributed by atoms with E-state index >= 15 is 0 Å². The first-order chi connectivity index (χ1) is 12.1. The van der Waals surface area contributed by atoms with E-state index in [1.165, 1.54) is 6.21 Å². The topological polar surface area (TPSA) is 83.8 Å². The summed E-state index contributed by atoms with van der Waals surface area (Å²) in [5.74, 6) is 0.185. The molecule has 0 saturated carbocycles. The number of hydrogen-bond acceptors (Lipinski definition) is 5. The summed E-state index contributed by atoms with van der Waals surface area (Å²) in [6.45, 7) is 1.79. The van der Waals surface area contributed by atoms with Gasteiger partial charge in [-0.3, -0.25) is 4.79 Å². The molecule has 0 bridgehead atoms. The van der Waals surface area contributed by atoms with Gasteiger partial charge in [0.15, 0.2) is 6.61 Å². The summed E-state index contributed by atoms with van der Waals surface area (Å²) in [7, 11) is 0. The summed E-state index contributed by atoms with van der Waals surface area (Å²) in [5, 5.41) is 14.1. The Labute approximate surface area is 144 Å². The van der Waals surface area contributed by atoms with Gasteiger partial charge in [-0.2, -0.15) is 5.10 Å². The van der Waals surface area contributed by atoms with Crippen LogP contribution in [0.25, 0.3) is 10.9 Å². The molecule has 6 nitrogen and oxygen atoms in total. The Morgan fingerprint density at radius 3 is 2.80 bits per heavy atom. The predicted molar refractivity (Wildman–Crippen MR) is 95.8 cm³/mol. The van der Waals surface area contributed by atoms with Gasteiger partial charge in [0.1, 0.15) is 5.75 Å². The van der Waals surface area contributed by atoms with Crippen LogP contribution >= 0.6 is 0 Å². The zero-order chi connectivity index (χ0) is 17.6. The van der Waals surface area contributed by atoms with Crippen LogP contribution in [0.3, 0.4) is 0 Å². The fourth-order valence-electron chi connectivity index (χ4n) is 2.30. The Balaban J connectivity index is 1.56. The SMILES string of the molecule is Cc1cc(OCC(=O)N/N=C/c2ccc(O)cc2)nc2ccccc12. The molecule has 6 heteroatoms. The van der Waals surface area contributed by atoms with E-state index in [1.54, 1.807) is 30.3 Å². The Kier molecular flexibility index (Phi) is 4.89. The van der Waals surface area contributed by atoms with Gasteiger partial charge in [0.2, 0.25) is 5.88 Å². The first kappa shape index (κ1) is 16.4. The van der Waals surface area contributed by atoms with Crippen LogP contribution in [-0.4, -0.2) is 28.8 Å². The molecule has 0 radical (unpaired) electrons. The number of fused-ring (bicyclic) bond motifs is 1. The standard InChI is InChI=1S/C19H17N3O3/c1-13-10-19(21-17-5-3-2-4-16(13)17)25-12-18(24)22-20-11-14-6-8-15(23)9-7-14/h2-11,23H,12H2,1H3,(H,22,24)/b20-11+. The number of hydrogen-bond donors (Lipinski definition) is 2. The van der Waals surface area contributed by atoms with Crippen molar-refractivity contribution in [1.82, 2.24) is 10.4 Å². The van der Waals surface area contributed by atoms with Gasteiger partial charge in [-0.05, 0) is 48.4 Å². The summed E-state index contributed by atoms with van der Waals surface area (Å²) in [5.41, 5.74) is 4.99. The van der Waals surface area contributed by atoms with Crippen molar-refractivity contribution in [3.05, 3.63) is 65.7 Å². The third kappa shape index (κ3) is 4.32. The number of rotatable bonds is 5. The lowest BCUT2D eigenvalue weighted by molar-refractivity contribution is -0.123. The Bertz CT molecular complexity index is 921. The highest BCUT2D eigenvalue weighted by Crippen LogP contribution is 2.20. The average molecular weight is 335 g/mol. The molecule has 0 atom stereocenters. The van der Waals surface area contributed by atoms with Crippen molar-refractivity contribution < 1.29 is 14.6 Å². The fraction of sp³-hybridized carbons (Fsp3) is 0.105. The predicted octanol–water partition coefficient (Wildman–Crippen LogP) is 2.78. The van der Waals surface area contributed by atoms with Crippen LogP contribution in [0.4, 0.5) is 0 Å². The second-order valence-corrected chi connectivity index (χ2v) is 5.47. The van der Waals surface area contributed by atoms with Crippen molar-refractivity contribution in [3.63, 3.8) is 0 Å². The monoisotopic (exact) mass is 335 g/mol. The highest BCUT2D eigenvalue weighted by Gasteiger charge is 2.06. The molecule has 0 spiro atoms. The lowest BCUT2D eigenvalue weighted by Gasteiger charge is -2.07. The second-order valence-electron chi connectivity index (χ2n) is 5.47. The molecule has 1 heterocycles. The number of carbonyl (C=O) groups is 1. The molecule has 3 rings (SSSR count). The van der Waals surface area contributed by atoms with Crippen LogP contribution in [-0.2, 0) is 4.79 Å². The first-order valence-electron chi connectivity index (χ1n) is 7.72. The van der Waals surface area contributed by atoms with Crippen molar-refractivity contribution in [2.24, 2.45) is 5.10 Å². The van der Waals surface area contributed by atoms with Crippen LogP contribution < -0.4 is 10.2 Å². The van der Waals surface area contributed by atoms with Gasteiger partial charge in [-0.15, -0.1) is 0 Å². The highest BCUT2D eigenvalue weighted by molar-refractivity contribution is 5.84. The molecule has 0 aliphatic carbocycles. The molecule has 126 valence electrons. The maximum atomic E-state index is 11.8. The Morgan fingerprint density at radius 2 is 2.00 bits per heavy atom. The molecule has 0 aliphatic heterocycles. The van der Waals surface area contributed by atoms with Gasteiger partial charge in [-0.25, -0.2) is 10.4 Å². The molecule has 2 aromatic carbocycles. The average Bonchev–Trinajstić information content (AvgIpc) is 2.62. The summed E-state index contributed by atoms with van der Waals surface area (Å²) in [6.07, 6.45) is 1.48. The number of nitrogens with one attached hydrogen (secondary N) is 1. The van der Waals surface area contributed by atoms with E-state index in [0.717, 1.165) is 22.0 Å². The van der Waals surface area contributed by atoms with Crippen LogP contribution in [0.2, 0.25) is 0 Å². The summed E-state index contributed by atoms with van der Waals surface area (Å²) in [6, 6.07) is 16.0. The van der Waals surface area contributed by atoms with E-state index in [2.05, 4.69) is 15.5 Å². The number of nitrogens with zero attached hydrogens (tertiary/aromatic N) is 2. The van der Waals surface area contributed by atoms with Crippen LogP contribution in [0, 0.1) is 6.92 Å². The fourth-order valence-corrected chi connectivity index (χ4v) is 2.30. The van der Waals surface area contributed by atoms with Crippen LogP contribution in [0.1, 0.15) is 11.1 Å². The van der Waals surface area contributed by atoms with Crippen molar-refractivity contribution >= 4 is 23.0 Å². The van der Waals surface area contributed by atoms with Gasteiger partial charge >= 0.3 is 0 Å². The maximum absolute atomic E-state index is 11.8. The van der Waals surface area contributed by atoms with E-state index in [1.807, 2.05) is 31.2 Å². The Morgan fingerprint density at radius 1 is 1.24 bits per heavy atom. The number of aromatic nitrogens is 1. The zero-order valence-electron chi connectivity index (χ0n) is 13.6. The zero-order valence-corrected chi connectivity index (χ0v) is 13.6. The number of phenols is 1. The molecule has 1 aromatic heterocycles. The van der Waals surface area contributed by atoms with Gasteiger partial charge in [0.05, 0.1) is 11.7 Å². The van der Waals surface area contributed by atoms with Crippen molar-refractivity contribution in [1.29, 1.82) is 0 Å². The molecule has 2 N–H and O–H groups in total. The first-order valence-corrected chi connectivity index (χ1v) is 7.72. The molecule has 1 amide bonds. The van der Waals surface area contributed by atoms with E-state index in [9.17, 15) is 9.90 Å². The maximum Gasteiger partial charge on any atom is 0.278 e. The van der Waals surface area contributed by atoms with E-state index in [4.69, 9.17) is 4.74 Å². The number of amides is 1. The molecule has 25 heavy (non-hydrogen) atoms. The van der Waals surface area contributed by atoms with Crippen molar-refractivity contribution in [3.8, 4) is 11.6 Å². The number of aromatic hydroxyl groups is 1. The third-order valence-electron chi connectivity index (χ3n) is 3.55. The third-order valence-corrected chi connectivity index (χ3v) is 3.55. The summed E-state index contributed by atoms with van der Waals surface area (Å²) < 4.78 is 5.45. The highest BCUT2D eigenvalue weighted by atomic mass is 16.5. The summed E-state index contributed by atoms with van der Waals surface area (Å²) >= 11 is 0. The van der Waals surface area contributed by atoms with Gasteiger partial charge in [-0.1, -0.05) is 18.2 Å². The molecule has 0 aliphatic rings. The quantitative estimate of drug-likeness (QED) is 0.555. The lowest BCUT2D eigenvalue weighted by Crippen LogP contribution is -2.24.